The van der Waals surface area contributed by atoms with Crippen LogP contribution >= 0.6 is 0 Å². The Morgan fingerprint density at radius 1 is 0.312 bits per heavy atom. The molecule has 9 aromatic carbocycles. The summed E-state index contributed by atoms with van der Waals surface area (Å²) in [6.07, 6.45) is 2.10. The largest absolute Gasteiger partial charge is 0.256 e. The van der Waals surface area contributed by atoms with Gasteiger partial charge in [-0.25, -0.2) is 0 Å². The summed E-state index contributed by atoms with van der Waals surface area (Å²) in [7, 11) is 0. The van der Waals surface area contributed by atoms with Gasteiger partial charge in [0.1, 0.15) is 0 Å². The molecular formula is C47H29N. The van der Waals surface area contributed by atoms with Crippen LogP contribution in [0.2, 0.25) is 0 Å². The normalized spacial score (nSPS) is 11.8. The number of aromatic nitrogens is 1. The van der Waals surface area contributed by atoms with Crippen LogP contribution in [-0.4, -0.2) is 4.98 Å². The van der Waals surface area contributed by atoms with Gasteiger partial charge in [0, 0.05) is 22.4 Å². The molecule has 0 bridgehead atoms. The Kier molecular flexibility index (Phi) is 5.94. The minimum atomic E-state index is 1.01. The standard InChI is InChI=1S/C47H29N/c1-2-12-32-26-33(21-20-30(32)10-1)34-22-23-36-28-37(25-24-35(36)27-34)45-40-15-5-6-16-41(40)46(39-18-9-13-31-11-3-4-14-38(31)39)47-42-17-7-8-19-44(42)48-29-43(45)47/h1-29H. The van der Waals surface area contributed by atoms with Gasteiger partial charge >= 0.3 is 0 Å². The van der Waals surface area contributed by atoms with Crippen molar-refractivity contribution in [3.63, 3.8) is 0 Å². The van der Waals surface area contributed by atoms with Crippen molar-refractivity contribution >= 4 is 64.8 Å². The summed E-state index contributed by atoms with van der Waals surface area (Å²) in [5.41, 5.74) is 8.41. The van der Waals surface area contributed by atoms with Crippen LogP contribution in [0.1, 0.15) is 0 Å². The molecule has 0 atom stereocenters. The molecule has 0 radical (unpaired) electrons. The lowest BCUT2D eigenvalue weighted by molar-refractivity contribution is 1.45. The van der Waals surface area contributed by atoms with Crippen LogP contribution in [0.4, 0.5) is 0 Å². The molecule has 0 aliphatic rings. The fourth-order valence-corrected chi connectivity index (χ4v) is 7.78. The van der Waals surface area contributed by atoms with E-state index in [1.165, 1.54) is 92.6 Å². The minimum Gasteiger partial charge on any atom is -0.256 e. The van der Waals surface area contributed by atoms with Crippen molar-refractivity contribution in [2.24, 2.45) is 0 Å². The Morgan fingerprint density at radius 3 is 1.60 bits per heavy atom. The van der Waals surface area contributed by atoms with Gasteiger partial charge in [0.05, 0.1) is 5.52 Å². The molecule has 10 rings (SSSR count). The molecule has 1 nitrogen and oxygen atoms in total. The van der Waals surface area contributed by atoms with Crippen LogP contribution in [-0.2, 0) is 0 Å². The van der Waals surface area contributed by atoms with Gasteiger partial charge in [0.2, 0.25) is 0 Å². The summed E-state index contributed by atoms with van der Waals surface area (Å²) in [6, 6.07) is 61.9. The van der Waals surface area contributed by atoms with Crippen molar-refractivity contribution in [1.29, 1.82) is 0 Å². The Balaban J connectivity index is 1.24. The smallest absolute Gasteiger partial charge is 0.0708 e. The predicted octanol–water partition coefficient (Wildman–Crippen LogP) is 13.0. The summed E-state index contributed by atoms with van der Waals surface area (Å²) < 4.78 is 0. The fourth-order valence-electron chi connectivity index (χ4n) is 7.78. The number of hydrogen-bond donors (Lipinski definition) is 0. The molecule has 0 amide bonds. The van der Waals surface area contributed by atoms with Crippen molar-refractivity contribution in [2.75, 3.05) is 0 Å². The average Bonchev–Trinajstić information content (AvgIpc) is 3.16. The molecule has 1 heterocycles. The highest BCUT2D eigenvalue weighted by Gasteiger charge is 2.20. The van der Waals surface area contributed by atoms with Crippen LogP contribution in [0.5, 0.6) is 0 Å². The Labute approximate surface area is 278 Å². The van der Waals surface area contributed by atoms with Gasteiger partial charge < -0.3 is 0 Å². The third-order valence-corrected chi connectivity index (χ3v) is 10.0. The highest BCUT2D eigenvalue weighted by molar-refractivity contribution is 6.29. The van der Waals surface area contributed by atoms with Gasteiger partial charge in [0.15, 0.2) is 0 Å². The maximum absolute atomic E-state index is 5.03. The van der Waals surface area contributed by atoms with Gasteiger partial charge in [-0.2, -0.15) is 0 Å². The van der Waals surface area contributed by atoms with Crippen LogP contribution in [0, 0.1) is 0 Å². The summed E-state index contributed by atoms with van der Waals surface area (Å²) in [4.78, 5) is 5.03. The summed E-state index contributed by atoms with van der Waals surface area (Å²) in [5.74, 6) is 0. The zero-order valence-corrected chi connectivity index (χ0v) is 26.2. The topological polar surface area (TPSA) is 12.9 Å². The lowest BCUT2D eigenvalue weighted by Gasteiger charge is -2.20. The maximum Gasteiger partial charge on any atom is 0.0708 e. The fraction of sp³-hybridized carbons (Fsp3) is 0. The molecule has 0 unspecified atom stereocenters. The van der Waals surface area contributed by atoms with E-state index in [-0.39, 0.29) is 0 Å². The molecule has 48 heavy (non-hydrogen) atoms. The average molecular weight is 608 g/mol. The van der Waals surface area contributed by atoms with Crippen LogP contribution in [0.25, 0.3) is 98.1 Å². The van der Waals surface area contributed by atoms with Crippen molar-refractivity contribution < 1.29 is 0 Å². The van der Waals surface area contributed by atoms with Gasteiger partial charge in [-0.15, -0.1) is 0 Å². The second-order valence-electron chi connectivity index (χ2n) is 12.7. The highest BCUT2D eigenvalue weighted by atomic mass is 14.7. The number of pyridine rings is 1. The SMILES string of the molecule is c1ccc2cc(-c3ccc4cc(-c5c6ccccc6c(-c6cccc7ccccc67)c6c5cnc5ccccc56)ccc4c3)ccc2c1. The number of nitrogens with zero attached hydrogens (tertiary/aromatic N) is 1. The molecule has 1 heteroatoms. The maximum atomic E-state index is 5.03. The van der Waals surface area contributed by atoms with E-state index in [4.69, 9.17) is 4.98 Å². The first-order valence-corrected chi connectivity index (χ1v) is 16.5. The molecular weight excluding hydrogens is 579 g/mol. The van der Waals surface area contributed by atoms with Gasteiger partial charge in [0.25, 0.3) is 0 Å². The Hall–Kier alpha value is -6.31. The van der Waals surface area contributed by atoms with E-state index >= 15 is 0 Å². The predicted molar refractivity (Wildman–Crippen MR) is 206 cm³/mol. The molecule has 0 fully saturated rings. The van der Waals surface area contributed by atoms with Crippen molar-refractivity contribution in [2.45, 2.75) is 0 Å². The second-order valence-corrected chi connectivity index (χ2v) is 12.7. The lowest BCUT2D eigenvalue weighted by Crippen LogP contribution is -1.94. The van der Waals surface area contributed by atoms with Crippen LogP contribution < -0.4 is 0 Å². The van der Waals surface area contributed by atoms with Crippen molar-refractivity contribution in [3.8, 4) is 33.4 Å². The van der Waals surface area contributed by atoms with E-state index in [1.807, 2.05) is 0 Å². The summed E-state index contributed by atoms with van der Waals surface area (Å²) in [6.45, 7) is 0. The zero-order valence-electron chi connectivity index (χ0n) is 26.2. The van der Waals surface area contributed by atoms with E-state index in [2.05, 4.69) is 176 Å². The van der Waals surface area contributed by atoms with Gasteiger partial charge in [-0.1, -0.05) is 146 Å². The van der Waals surface area contributed by atoms with Crippen molar-refractivity contribution in [3.05, 3.63) is 176 Å². The molecule has 0 aliphatic heterocycles. The number of benzene rings is 9. The molecule has 1 aromatic heterocycles. The summed E-state index contributed by atoms with van der Waals surface area (Å²) >= 11 is 0. The number of hydrogen-bond acceptors (Lipinski definition) is 1. The summed E-state index contributed by atoms with van der Waals surface area (Å²) in [5, 5.41) is 13.6. The number of para-hydroxylation sites is 1. The highest BCUT2D eigenvalue weighted by Crippen LogP contribution is 2.47. The van der Waals surface area contributed by atoms with Crippen LogP contribution in [0.15, 0.2) is 176 Å². The van der Waals surface area contributed by atoms with Gasteiger partial charge in [-0.05, 0) is 101 Å². The second kappa shape index (κ2) is 10.6. The number of rotatable bonds is 3. The molecule has 0 saturated carbocycles. The van der Waals surface area contributed by atoms with E-state index in [0.717, 1.165) is 5.52 Å². The van der Waals surface area contributed by atoms with Crippen molar-refractivity contribution in [1.82, 2.24) is 4.98 Å². The molecule has 0 N–H and O–H groups in total. The third kappa shape index (κ3) is 4.15. The van der Waals surface area contributed by atoms with E-state index < -0.39 is 0 Å². The van der Waals surface area contributed by atoms with Gasteiger partial charge in [-0.3, -0.25) is 4.98 Å². The zero-order chi connectivity index (χ0) is 31.6. The lowest BCUT2D eigenvalue weighted by atomic mass is 9.83. The molecule has 222 valence electrons. The van der Waals surface area contributed by atoms with Crippen LogP contribution in [0.3, 0.4) is 0 Å². The third-order valence-electron chi connectivity index (χ3n) is 10.0. The molecule has 0 saturated heterocycles. The molecule has 0 spiro atoms. The molecule has 0 aliphatic carbocycles. The Bertz CT molecular complexity index is 2890. The van der Waals surface area contributed by atoms with E-state index in [9.17, 15) is 0 Å². The Morgan fingerprint density at radius 2 is 0.833 bits per heavy atom. The monoisotopic (exact) mass is 607 g/mol. The first-order valence-electron chi connectivity index (χ1n) is 16.5. The van der Waals surface area contributed by atoms with E-state index in [0.29, 0.717) is 0 Å². The minimum absolute atomic E-state index is 1.01. The molecule has 10 aromatic rings. The number of fused-ring (bicyclic) bond motifs is 7. The van der Waals surface area contributed by atoms with E-state index in [1.54, 1.807) is 0 Å². The first kappa shape index (κ1) is 26.9. The quantitative estimate of drug-likeness (QED) is 0.144. The first-order chi connectivity index (χ1) is 23.8.